The van der Waals surface area contributed by atoms with Gasteiger partial charge in [-0.3, -0.25) is 4.79 Å². The van der Waals surface area contributed by atoms with E-state index in [1.165, 1.54) is 25.3 Å². The van der Waals surface area contributed by atoms with E-state index in [0.29, 0.717) is 12.2 Å². The lowest BCUT2D eigenvalue weighted by atomic mass is 10.0. The first-order valence-electron chi connectivity index (χ1n) is 6.19. The lowest BCUT2D eigenvalue weighted by Gasteiger charge is -2.25. The molecule has 4 nitrogen and oxygen atoms in total. The standard InChI is InChI=1S/C15H19FN2O2/c1-15(2,10-20-3)18-14(19)12-9-11(5-4-8-17)6-7-13(12)16/h6-7,9H,8,10,17H2,1-3H3,(H,18,19). The van der Waals surface area contributed by atoms with E-state index >= 15 is 0 Å². The summed E-state index contributed by atoms with van der Waals surface area (Å²) in [5.41, 5.74) is 5.20. The Labute approximate surface area is 118 Å². The summed E-state index contributed by atoms with van der Waals surface area (Å²) in [5.74, 6) is 4.34. The number of amides is 1. The molecule has 0 aliphatic rings. The van der Waals surface area contributed by atoms with Crippen LogP contribution in [0.1, 0.15) is 29.8 Å². The predicted molar refractivity (Wildman–Crippen MR) is 75.8 cm³/mol. The second-order valence-electron chi connectivity index (χ2n) is 4.97. The molecule has 0 unspecified atom stereocenters. The van der Waals surface area contributed by atoms with E-state index in [2.05, 4.69) is 17.2 Å². The third-order valence-electron chi connectivity index (χ3n) is 2.50. The Kier molecular flexibility index (Phi) is 5.68. The molecule has 20 heavy (non-hydrogen) atoms. The monoisotopic (exact) mass is 278 g/mol. The van der Waals surface area contributed by atoms with Crippen LogP contribution in [0.25, 0.3) is 0 Å². The number of ether oxygens (including phenoxy) is 1. The highest BCUT2D eigenvalue weighted by Gasteiger charge is 2.22. The molecule has 5 heteroatoms. The van der Waals surface area contributed by atoms with E-state index in [1.54, 1.807) is 13.8 Å². The number of halogens is 1. The Morgan fingerprint density at radius 3 is 2.80 bits per heavy atom. The summed E-state index contributed by atoms with van der Waals surface area (Å²) in [5, 5.41) is 2.72. The largest absolute Gasteiger partial charge is 0.382 e. The van der Waals surface area contributed by atoms with Crippen LogP contribution < -0.4 is 11.1 Å². The summed E-state index contributed by atoms with van der Waals surface area (Å²) in [6.45, 7) is 4.13. The Bertz CT molecular complexity index is 545. The van der Waals surface area contributed by atoms with Crippen LogP contribution in [-0.4, -0.2) is 31.7 Å². The van der Waals surface area contributed by atoms with Crippen molar-refractivity contribution >= 4 is 5.91 Å². The molecule has 0 spiro atoms. The molecular weight excluding hydrogens is 259 g/mol. The van der Waals surface area contributed by atoms with Gasteiger partial charge in [0.1, 0.15) is 5.82 Å². The molecule has 0 aliphatic carbocycles. The molecule has 0 aliphatic heterocycles. The highest BCUT2D eigenvalue weighted by atomic mass is 19.1. The van der Waals surface area contributed by atoms with E-state index < -0.39 is 17.3 Å². The normalized spacial score (nSPS) is 10.7. The van der Waals surface area contributed by atoms with Crippen molar-refractivity contribution in [3.8, 4) is 11.8 Å². The number of benzene rings is 1. The SMILES string of the molecule is COCC(C)(C)NC(=O)c1cc(C#CCN)ccc1F. The Morgan fingerprint density at radius 2 is 2.20 bits per heavy atom. The molecule has 0 saturated heterocycles. The fourth-order valence-corrected chi connectivity index (χ4v) is 1.70. The van der Waals surface area contributed by atoms with Gasteiger partial charge in [0.05, 0.1) is 24.3 Å². The molecule has 1 aromatic rings. The predicted octanol–water partition coefficient (Wildman–Crippen LogP) is 1.29. The number of hydrogen-bond donors (Lipinski definition) is 2. The Balaban J connectivity index is 2.97. The molecule has 0 radical (unpaired) electrons. The van der Waals surface area contributed by atoms with E-state index in [-0.39, 0.29) is 12.1 Å². The van der Waals surface area contributed by atoms with E-state index in [0.717, 1.165) is 0 Å². The molecule has 0 heterocycles. The minimum Gasteiger partial charge on any atom is -0.382 e. The quantitative estimate of drug-likeness (QED) is 0.816. The smallest absolute Gasteiger partial charge is 0.254 e. The molecule has 0 saturated carbocycles. The first-order chi connectivity index (χ1) is 9.39. The van der Waals surface area contributed by atoms with E-state index in [4.69, 9.17) is 10.5 Å². The topological polar surface area (TPSA) is 64.3 Å². The lowest BCUT2D eigenvalue weighted by Crippen LogP contribution is -2.47. The Hall–Kier alpha value is -1.90. The van der Waals surface area contributed by atoms with Gasteiger partial charge in [-0.1, -0.05) is 11.8 Å². The fraction of sp³-hybridized carbons (Fsp3) is 0.400. The van der Waals surface area contributed by atoms with Gasteiger partial charge in [-0.25, -0.2) is 4.39 Å². The van der Waals surface area contributed by atoms with Gasteiger partial charge in [0.25, 0.3) is 5.91 Å². The molecule has 108 valence electrons. The molecule has 0 atom stereocenters. The third-order valence-corrected chi connectivity index (χ3v) is 2.50. The van der Waals surface area contributed by atoms with Crippen molar-refractivity contribution in [2.45, 2.75) is 19.4 Å². The van der Waals surface area contributed by atoms with Crippen LogP contribution in [0, 0.1) is 17.7 Å². The van der Waals surface area contributed by atoms with Crippen molar-refractivity contribution in [2.75, 3.05) is 20.3 Å². The number of nitrogens with two attached hydrogens (primary N) is 1. The van der Waals surface area contributed by atoms with Crippen molar-refractivity contribution < 1.29 is 13.9 Å². The van der Waals surface area contributed by atoms with Gasteiger partial charge in [-0.05, 0) is 32.0 Å². The van der Waals surface area contributed by atoms with Crippen LogP contribution in [-0.2, 0) is 4.74 Å². The molecule has 0 aromatic heterocycles. The summed E-state index contributed by atoms with van der Waals surface area (Å²) in [6.07, 6.45) is 0. The lowest BCUT2D eigenvalue weighted by molar-refractivity contribution is 0.0816. The van der Waals surface area contributed by atoms with Gasteiger partial charge >= 0.3 is 0 Å². The first-order valence-corrected chi connectivity index (χ1v) is 6.19. The molecule has 3 N–H and O–H groups in total. The van der Waals surface area contributed by atoms with Gasteiger partial charge in [0, 0.05) is 12.7 Å². The number of nitrogens with one attached hydrogen (secondary N) is 1. The van der Waals surface area contributed by atoms with Gasteiger partial charge < -0.3 is 15.8 Å². The van der Waals surface area contributed by atoms with Gasteiger partial charge in [-0.2, -0.15) is 0 Å². The van der Waals surface area contributed by atoms with E-state index in [1.807, 2.05) is 0 Å². The zero-order valence-corrected chi connectivity index (χ0v) is 11.9. The third kappa shape index (κ3) is 4.65. The summed E-state index contributed by atoms with van der Waals surface area (Å²) in [7, 11) is 1.54. The van der Waals surface area contributed by atoms with Crippen molar-refractivity contribution in [3.05, 3.63) is 35.1 Å². The molecule has 1 amide bonds. The van der Waals surface area contributed by atoms with Crippen molar-refractivity contribution in [3.63, 3.8) is 0 Å². The van der Waals surface area contributed by atoms with Crippen LogP contribution in [0.15, 0.2) is 18.2 Å². The van der Waals surface area contributed by atoms with Crippen LogP contribution in [0.2, 0.25) is 0 Å². The maximum absolute atomic E-state index is 13.7. The van der Waals surface area contributed by atoms with Crippen LogP contribution in [0.4, 0.5) is 4.39 Å². The summed E-state index contributed by atoms with van der Waals surface area (Å²) >= 11 is 0. The zero-order valence-electron chi connectivity index (χ0n) is 11.9. The number of rotatable bonds is 4. The van der Waals surface area contributed by atoms with Crippen LogP contribution in [0.3, 0.4) is 0 Å². The van der Waals surface area contributed by atoms with Crippen LogP contribution >= 0.6 is 0 Å². The maximum Gasteiger partial charge on any atom is 0.254 e. The molecule has 1 aromatic carbocycles. The zero-order chi connectivity index (χ0) is 15.2. The molecule has 0 bridgehead atoms. The average molecular weight is 278 g/mol. The number of methoxy groups -OCH3 is 1. The minimum atomic E-state index is -0.589. The van der Waals surface area contributed by atoms with Crippen molar-refractivity contribution in [1.29, 1.82) is 0 Å². The summed E-state index contributed by atoms with van der Waals surface area (Å²) in [6, 6.07) is 4.14. The summed E-state index contributed by atoms with van der Waals surface area (Å²) < 4.78 is 18.7. The average Bonchev–Trinajstić information content (AvgIpc) is 2.36. The second kappa shape index (κ2) is 7.04. The van der Waals surface area contributed by atoms with Crippen LogP contribution in [0.5, 0.6) is 0 Å². The minimum absolute atomic E-state index is 0.0435. The molecular formula is C15H19FN2O2. The van der Waals surface area contributed by atoms with Crippen molar-refractivity contribution in [2.24, 2.45) is 5.73 Å². The van der Waals surface area contributed by atoms with Crippen molar-refractivity contribution in [1.82, 2.24) is 5.32 Å². The number of carbonyl (C=O) groups is 1. The second-order valence-corrected chi connectivity index (χ2v) is 4.97. The molecule has 1 rings (SSSR count). The summed E-state index contributed by atoms with van der Waals surface area (Å²) in [4.78, 5) is 12.1. The number of carbonyl (C=O) groups excluding carboxylic acids is 1. The van der Waals surface area contributed by atoms with Gasteiger partial charge in [0.15, 0.2) is 0 Å². The highest BCUT2D eigenvalue weighted by molar-refractivity contribution is 5.95. The Morgan fingerprint density at radius 1 is 1.50 bits per heavy atom. The number of hydrogen-bond acceptors (Lipinski definition) is 3. The van der Waals surface area contributed by atoms with Gasteiger partial charge in [0.2, 0.25) is 0 Å². The highest BCUT2D eigenvalue weighted by Crippen LogP contribution is 2.12. The van der Waals surface area contributed by atoms with Gasteiger partial charge in [-0.15, -0.1) is 0 Å². The molecule has 0 fully saturated rings. The fourth-order valence-electron chi connectivity index (χ4n) is 1.70. The maximum atomic E-state index is 13.7. The first kappa shape index (κ1) is 16.2. The van der Waals surface area contributed by atoms with E-state index in [9.17, 15) is 9.18 Å².